The van der Waals surface area contributed by atoms with E-state index in [1.807, 2.05) is 19.2 Å². The Kier molecular flexibility index (Phi) is 5.63. The summed E-state index contributed by atoms with van der Waals surface area (Å²) in [5.41, 5.74) is 0.792. The lowest BCUT2D eigenvalue weighted by atomic mass is 10.2. The lowest BCUT2D eigenvalue weighted by Gasteiger charge is -2.15. The second-order valence-electron chi connectivity index (χ2n) is 3.76. The van der Waals surface area contributed by atoms with E-state index in [0.29, 0.717) is 4.90 Å². The van der Waals surface area contributed by atoms with Crippen LogP contribution in [0.15, 0.2) is 23.1 Å². The number of thioether (sulfide) groups is 1. The molecule has 1 rings (SSSR count). The normalized spacial score (nSPS) is 12.5. The van der Waals surface area contributed by atoms with Crippen molar-refractivity contribution in [3.8, 4) is 0 Å². The SMILES string of the molecule is CSc1ccc(NC(C)CCCO)cc1F. The zero-order valence-electron chi connectivity index (χ0n) is 9.66. The van der Waals surface area contributed by atoms with Crippen LogP contribution in [0.3, 0.4) is 0 Å². The first-order valence-corrected chi connectivity index (χ1v) is 6.60. The van der Waals surface area contributed by atoms with E-state index in [9.17, 15) is 4.39 Å². The summed E-state index contributed by atoms with van der Waals surface area (Å²) in [6, 6.07) is 5.42. The molecule has 0 amide bonds. The third-order valence-corrected chi connectivity index (χ3v) is 3.13. The van der Waals surface area contributed by atoms with Gasteiger partial charge in [-0.3, -0.25) is 0 Å². The number of rotatable bonds is 6. The molecule has 0 aromatic heterocycles. The number of hydrogen-bond acceptors (Lipinski definition) is 3. The maximum atomic E-state index is 13.5. The average Bonchev–Trinajstić information content (AvgIpc) is 2.26. The Balaban J connectivity index is 2.57. The van der Waals surface area contributed by atoms with Crippen molar-refractivity contribution in [1.29, 1.82) is 0 Å². The highest BCUT2D eigenvalue weighted by molar-refractivity contribution is 7.98. The summed E-state index contributed by atoms with van der Waals surface area (Å²) in [5, 5.41) is 11.9. The number of aliphatic hydroxyl groups excluding tert-OH is 1. The molecule has 1 atom stereocenters. The Morgan fingerprint density at radius 1 is 1.50 bits per heavy atom. The molecule has 0 aliphatic carbocycles. The van der Waals surface area contributed by atoms with Crippen LogP contribution >= 0.6 is 11.8 Å². The summed E-state index contributed by atoms with van der Waals surface area (Å²) in [6.45, 7) is 2.22. The summed E-state index contributed by atoms with van der Waals surface area (Å²) in [7, 11) is 0. The predicted molar refractivity (Wildman–Crippen MR) is 67.6 cm³/mol. The number of hydrogen-bond donors (Lipinski definition) is 2. The van der Waals surface area contributed by atoms with E-state index in [1.54, 1.807) is 6.07 Å². The smallest absolute Gasteiger partial charge is 0.138 e. The number of anilines is 1. The molecular weight excluding hydrogens is 225 g/mol. The van der Waals surface area contributed by atoms with Crippen LogP contribution in [0.4, 0.5) is 10.1 Å². The van der Waals surface area contributed by atoms with Gasteiger partial charge in [-0.05, 0) is 44.2 Å². The van der Waals surface area contributed by atoms with Crippen molar-refractivity contribution in [2.75, 3.05) is 18.2 Å². The van der Waals surface area contributed by atoms with Gasteiger partial charge in [0.15, 0.2) is 0 Å². The lowest BCUT2D eigenvalue weighted by Crippen LogP contribution is -2.15. The molecule has 0 radical (unpaired) electrons. The molecule has 0 bridgehead atoms. The van der Waals surface area contributed by atoms with Crippen molar-refractivity contribution in [1.82, 2.24) is 0 Å². The molecule has 0 spiro atoms. The van der Waals surface area contributed by atoms with E-state index in [1.165, 1.54) is 17.8 Å². The maximum Gasteiger partial charge on any atom is 0.138 e. The fourth-order valence-corrected chi connectivity index (χ4v) is 1.97. The fourth-order valence-electron chi connectivity index (χ4n) is 1.51. The van der Waals surface area contributed by atoms with E-state index < -0.39 is 0 Å². The highest BCUT2D eigenvalue weighted by Crippen LogP contribution is 2.22. The predicted octanol–water partition coefficient (Wildman–Crippen LogP) is 3.12. The van der Waals surface area contributed by atoms with E-state index in [4.69, 9.17) is 5.11 Å². The highest BCUT2D eigenvalue weighted by atomic mass is 32.2. The number of halogens is 1. The van der Waals surface area contributed by atoms with Gasteiger partial charge < -0.3 is 10.4 Å². The first kappa shape index (κ1) is 13.3. The van der Waals surface area contributed by atoms with Gasteiger partial charge in [0.2, 0.25) is 0 Å². The molecule has 4 heteroatoms. The number of aliphatic hydroxyl groups is 1. The number of nitrogens with one attached hydrogen (secondary N) is 1. The molecule has 90 valence electrons. The molecule has 0 saturated carbocycles. The van der Waals surface area contributed by atoms with Gasteiger partial charge in [0, 0.05) is 23.2 Å². The van der Waals surface area contributed by atoms with Crippen LogP contribution in [-0.2, 0) is 0 Å². The zero-order chi connectivity index (χ0) is 12.0. The maximum absolute atomic E-state index is 13.5. The van der Waals surface area contributed by atoms with Gasteiger partial charge in [0.1, 0.15) is 5.82 Å². The van der Waals surface area contributed by atoms with Crippen LogP contribution in [-0.4, -0.2) is 24.0 Å². The van der Waals surface area contributed by atoms with Crippen LogP contribution in [0.5, 0.6) is 0 Å². The van der Waals surface area contributed by atoms with Crippen LogP contribution in [0, 0.1) is 5.82 Å². The van der Waals surface area contributed by atoms with Gasteiger partial charge in [-0.1, -0.05) is 0 Å². The van der Waals surface area contributed by atoms with Gasteiger partial charge >= 0.3 is 0 Å². The Bertz CT molecular complexity index is 333. The molecule has 0 aliphatic heterocycles. The largest absolute Gasteiger partial charge is 0.396 e. The Labute approximate surface area is 100 Å². The van der Waals surface area contributed by atoms with Crippen molar-refractivity contribution in [3.63, 3.8) is 0 Å². The minimum Gasteiger partial charge on any atom is -0.396 e. The van der Waals surface area contributed by atoms with Crippen molar-refractivity contribution >= 4 is 17.4 Å². The highest BCUT2D eigenvalue weighted by Gasteiger charge is 2.05. The first-order chi connectivity index (χ1) is 7.67. The third-order valence-electron chi connectivity index (χ3n) is 2.36. The fraction of sp³-hybridized carbons (Fsp3) is 0.500. The average molecular weight is 243 g/mol. The molecule has 2 nitrogen and oxygen atoms in total. The lowest BCUT2D eigenvalue weighted by molar-refractivity contribution is 0.282. The topological polar surface area (TPSA) is 32.3 Å². The Morgan fingerprint density at radius 2 is 2.25 bits per heavy atom. The summed E-state index contributed by atoms with van der Waals surface area (Å²) in [6.07, 6.45) is 3.50. The Hall–Kier alpha value is -0.740. The van der Waals surface area contributed by atoms with E-state index in [0.717, 1.165) is 18.5 Å². The van der Waals surface area contributed by atoms with Crippen LogP contribution in [0.1, 0.15) is 19.8 Å². The van der Waals surface area contributed by atoms with Gasteiger partial charge in [0.25, 0.3) is 0 Å². The van der Waals surface area contributed by atoms with Gasteiger partial charge in [-0.15, -0.1) is 11.8 Å². The molecule has 1 unspecified atom stereocenters. The molecule has 0 saturated heterocycles. The summed E-state index contributed by atoms with van der Waals surface area (Å²) in [4.78, 5) is 0.661. The van der Waals surface area contributed by atoms with E-state index >= 15 is 0 Å². The van der Waals surface area contributed by atoms with Crippen molar-refractivity contribution in [2.45, 2.75) is 30.7 Å². The summed E-state index contributed by atoms with van der Waals surface area (Å²) < 4.78 is 13.5. The van der Waals surface area contributed by atoms with Crippen molar-refractivity contribution in [3.05, 3.63) is 24.0 Å². The second kappa shape index (κ2) is 6.76. The van der Waals surface area contributed by atoms with Gasteiger partial charge in [-0.2, -0.15) is 0 Å². The van der Waals surface area contributed by atoms with Crippen molar-refractivity contribution < 1.29 is 9.50 Å². The first-order valence-electron chi connectivity index (χ1n) is 5.38. The summed E-state index contributed by atoms with van der Waals surface area (Å²) in [5.74, 6) is -0.188. The monoisotopic (exact) mass is 243 g/mol. The summed E-state index contributed by atoms with van der Waals surface area (Å²) >= 11 is 1.40. The zero-order valence-corrected chi connectivity index (χ0v) is 10.5. The van der Waals surface area contributed by atoms with Crippen molar-refractivity contribution in [2.24, 2.45) is 0 Å². The van der Waals surface area contributed by atoms with Gasteiger partial charge in [-0.25, -0.2) is 4.39 Å². The van der Waals surface area contributed by atoms with Gasteiger partial charge in [0.05, 0.1) is 0 Å². The van der Waals surface area contributed by atoms with E-state index in [-0.39, 0.29) is 18.5 Å². The van der Waals surface area contributed by atoms with Crippen LogP contribution in [0.2, 0.25) is 0 Å². The molecular formula is C12H18FNOS. The quantitative estimate of drug-likeness (QED) is 0.753. The third kappa shape index (κ3) is 4.02. The molecule has 0 fully saturated rings. The second-order valence-corrected chi connectivity index (χ2v) is 4.61. The molecule has 0 aliphatic rings. The van der Waals surface area contributed by atoms with E-state index in [2.05, 4.69) is 5.32 Å². The Morgan fingerprint density at radius 3 is 2.81 bits per heavy atom. The minimum atomic E-state index is -0.188. The molecule has 16 heavy (non-hydrogen) atoms. The minimum absolute atomic E-state index is 0.188. The van der Waals surface area contributed by atoms with Crippen LogP contribution in [0.25, 0.3) is 0 Å². The molecule has 1 aromatic carbocycles. The molecule has 0 heterocycles. The molecule has 2 N–H and O–H groups in total. The molecule has 1 aromatic rings. The standard InChI is InChI=1S/C12H18FNOS/c1-9(4-3-7-15)14-10-5-6-12(16-2)11(13)8-10/h5-6,8-9,14-15H,3-4,7H2,1-2H3. The number of benzene rings is 1. The van der Waals surface area contributed by atoms with Crippen LogP contribution < -0.4 is 5.32 Å².